The predicted octanol–water partition coefficient (Wildman–Crippen LogP) is 3.31. The van der Waals surface area contributed by atoms with Crippen LogP contribution in [0.25, 0.3) is 0 Å². The van der Waals surface area contributed by atoms with Gasteiger partial charge in [-0.1, -0.05) is 12.1 Å². The monoisotopic (exact) mass is 446 g/mol. The van der Waals surface area contributed by atoms with Crippen molar-refractivity contribution in [3.8, 4) is 5.75 Å². The number of benzene rings is 2. The molecule has 0 bridgehead atoms. The molecule has 1 heterocycles. The van der Waals surface area contributed by atoms with E-state index in [0.717, 1.165) is 37.6 Å². The van der Waals surface area contributed by atoms with E-state index in [2.05, 4.69) is 44.8 Å². The lowest BCUT2D eigenvalue weighted by molar-refractivity contribution is 0.203. The van der Waals surface area contributed by atoms with Gasteiger partial charge in [0.15, 0.2) is 17.5 Å². The van der Waals surface area contributed by atoms with Crippen LogP contribution in [0.3, 0.4) is 0 Å². The highest BCUT2D eigenvalue weighted by atomic mass is 19.1. The number of anilines is 1. The van der Waals surface area contributed by atoms with Crippen LogP contribution in [-0.4, -0.2) is 50.5 Å². The summed E-state index contributed by atoms with van der Waals surface area (Å²) in [6.45, 7) is 6.08. The van der Waals surface area contributed by atoms with E-state index in [1.807, 2.05) is 6.92 Å². The Balaban J connectivity index is 1.46. The molecule has 1 fully saturated rings. The van der Waals surface area contributed by atoms with E-state index in [4.69, 9.17) is 4.74 Å². The van der Waals surface area contributed by atoms with E-state index in [1.165, 1.54) is 17.8 Å². The van der Waals surface area contributed by atoms with Crippen molar-refractivity contribution in [2.24, 2.45) is 10.9 Å². The van der Waals surface area contributed by atoms with Gasteiger partial charge in [-0.2, -0.15) is 0 Å². The highest BCUT2D eigenvalue weighted by Crippen LogP contribution is 2.23. The number of aliphatic hydroxyl groups excluding tert-OH is 1. The van der Waals surface area contributed by atoms with Crippen LogP contribution < -0.4 is 20.3 Å². The van der Waals surface area contributed by atoms with Gasteiger partial charge < -0.3 is 25.4 Å². The lowest BCUT2D eigenvalue weighted by Gasteiger charge is -2.32. The zero-order valence-electron chi connectivity index (χ0n) is 18.5. The van der Waals surface area contributed by atoms with Crippen LogP contribution in [0.1, 0.15) is 25.3 Å². The molecule has 1 aliphatic rings. The zero-order valence-corrected chi connectivity index (χ0v) is 18.5. The van der Waals surface area contributed by atoms with E-state index in [0.29, 0.717) is 31.5 Å². The molecule has 2 aromatic rings. The van der Waals surface area contributed by atoms with Gasteiger partial charge in [-0.15, -0.1) is 0 Å². The first-order valence-corrected chi connectivity index (χ1v) is 11.1. The molecule has 0 unspecified atom stereocenters. The van der Waals surface area contributed by atoms with Crippen LogP contribution in [0.5, 0.6) is 5.75 Å². The minimum atomic E-state index is -0.716. The van der Waals surface area contributed by atoms with Crippen molar-refractivity contribution in [3.05, 3.63) is 59.7 Å². The first kappa shape index (κ1) is 23.8. The van der Waals surface area contributed by atoms with Crippen molar-refractivity contribution in [2.75, 3.05) is 44.3 Å². The van der Waals surface area contributed by atoms with Crippen molar-refractivity contribution < 1.29 is 18.6 Å². The third kappa shape index (κ3) is 7.09. The van der Waals surface area contributed by atoms with E-state index >= 15 is 0 Å². The molecule has 0 aromatic heterocycles. The number of rotatable bonds is 9. The van der Waals surface area contributed by atoms with Crippen molar-refractivity contribution in [1.82, 2.24) is 10.6 Å². The van der Waals surface area contributed by atoms with Gasteiger partial charge in [0.05, 0.1) is 13.1 Å². The summed E-state index contributed by atoms with van der Waals surface area (Å²) in [7, 11) is 0. The summed E-state index contributed by atoms with van der Waals surface area (Å²) in [6.07, 6.45) is 2.05. The Hall–Kier alpha value is -2.87. The van der Waals surface area contributed by atoms with Gasteiger partial charge >= 0.3 is 0 Å². The van der Waals surface area contributed by atoms with E-state index in [-0.39, 0.29) is 19.0 Å². The number of guanidine groups is 1. The summed E-state index contributed by atoms with van der Waals surface area (Å²) in [6, 6.07) is 11.7. The number of hydrogen-bond donors (Lipinski definition) is 3. The summed E-state index contributed by atoms with van der Waals surface area (Å²) in [5.41, 5.74) is 2.30. The first-order chi connectivity index (χ1) is 15.6. The standard InChI is InChI=1S/C24H32F2N4O2/c1-2-27-24(28-11-14-32-23-8-5-20(25)15-22(23)26)29-16-18-3-6-21(7-4-18)30-12-9-19(17-31)10-13-30/h3-8,15,19,31H,2,9-14,16-17H2,1H3,(H2,27,28,29). The van der Waals surface area contributed by atoms with Crippen molar-refractivity contribution >= 4 is 11.6 Å². The van der Waals surface area contributed by atoms with Crippen LogP contribution in [0.15, 0.2) is 47.5 Å². The smallest absolute Gasteiger partial charge is 0.191 e. The first-order valence-electron chi connectivity index (χ1n) is 11.1. The van der Waals surface area contributed by atoms with Crippen LogP contribution in [0, 0.1) is 17.6 Å². The highest BCUT2D eigenvalue weighted by Gasteiger charge is 2.18. The van der Waals surface area contributed by atoms with Gasteiger partial charge in [0.2, 0.25) is 0 Å². The van der Waals surface area contributed by atoms with Crippen LogP contribution in [0.2, 0.25) is 0 Å². The lowest BCUT2D eigenvalue weighted by atomic mass is 9.97. The molecule has 1 aliphatic heterocycles. The molecule has 1 saturated heterocycles. The number of aliphatic imine (C=N–C) groups is 1. The number of piperidine rings is 1. The Kier molecular flexibility index (Phi) is 9.10. The van der Waals surface area contributed by atoms with Crippen LogP contribution in [0.4, 0.5) is 14.5 Å². The molecular weight excluding hydrogens is 414 g/mol. The summed E-state index contributed by atoms with van der Waals surface area (Å²) < 4.78 is 31.9. The molecule has 174 valence electrons. The molecule has 0 spiro atoms. The highest BCUT2D eigenvalue weighted by molar-refractivity contribution is 5.79. The molecule has 0 amide bonds. The predicted molar refractivity (Wildman–Crippen MR) is 123 cm³/mol. The third-order valence-electron chi connectivity index (χ3n) is 5.48. The topological polar surface area (TPSA) is 69.1 Å². The maximum absolute atomic E-state index is 13.6. The second kappa shape index (κ2) is 12.2. The van der Waals surface area contributed by atoms with Gasteiger partial charge in [0.25, 0.3) is 0 Å². The minimum absolute atomic E-state index is 0.0239. The number of hydrogen-bond acceptors (Lipinski definition) is 4. The van der Waals surface area contributed by atoms with Gasteiger partial charge in [0.1, 0.15) is 12.4 Å². The molecule has 0 saturated carbocycles. The number of aliphatic hydroxyl groups is 1. The Morgan fingerprint density at radius 1 is 1.12 bits per heavy atom. The number of ether oxygens (including phenoxy) is 1. The van der Waals surface area contributed by atoms with Crippen LogP contribution >= 0.6 is 0 Å². The average molecular weight is 447 g/mol. The van der Waals surface area contributed by atoms with E-state index in [1.54, 1.807) is 0 Å². The molecule has 2 aromatic carbocycles. The van der Waals surface area contributed by atoms with E-state index in [9.17, 15) is 13.9 Å². The second-order valence-electron chi connectivity index (χ2n) is 7.82. The average Bonchev–Trinajstić information content (AvgIpc) is 2.81. The van der Waals surface area contributed by atoms with Gasteiger partial charge in [0, 0.05) is 38.0 Å². The number of nitrogens with zero attached hydrogens (tertiary/aromatic N) is 2. The van der Waals surface area contributed by atoms with E-state index < -0.39 is 11.6 Å². The maximum Gasteiger partial charge on any atom is 0.191 e. The Morgan fingerprint density at radius 3 is 2.53 bits per heavy atom. The normalized spacial score (nSPS) is 15.0. The molecule has 6 nitrogen and oxygen atoms in total. The summed E-state index contributed by atoms with van der Waals surface area (Å²) >= 11 is 0. The minimum Gasteiger partial charge on any atom is -0.489 e. The SMILES string of the molecule is CCNC(=NCc1ccc(N2CCC(CO)CC2)cc1)NCCOc1ccc(F)cc1F. The largest absolute Gasteiger partial charge is 0.489 e. The zero-order chi connectivity index (χ0) is 22.8. The second-order valence-corrected chi connectivity index (χ2v) is 7.82. The molecule has 0 radical (unpaired) electrons. The third-order valence-corrected chi connectivity index (χ3v) is 5.48. The number of halogens is 2. The Labute approximate surface area is 188 Å². The van der Waals surface area contributed by atoms with Crippen molar-refractivity contribution in [2.45, 2.75) is 26.3 Å². The summed E-state index contributed by atoms with van der Waals surface area (Å²) in [5.74, 6) is -0.251. The summed E-state index contributed by atoms with van der Waals surface area (Å²) in [5, 5.41) is 15.6. The molecule has 8 heteroatoms. The van der Waals surface area contributed by atoms with Gasteiger partial charge in [-0.25, -0.2) is 13.8 Å². The maximum atomic E-state index is 13.6. The number of nitrogens with one attached hydrogen (secondary N) is 2. The summed E-state index contributed by atoms with van der Waals surface area (Å²) in [4.78, 5) is 6.95. The molecule has 32 heavy (non-hydrogen) atoms. The molecule has 3 N–H and O–H groups in total. The quantitative estimate of drug-likeness (QED) is 0.313. The fraction of sp³-hybridized carbons (Fsp3) is 0.458. The van der Waals surface area contributed by atoms with Crippen molar-refractivity contribution in [3.63, 3.8) is 0 Å². The fourth-order valence-corrected chi connectivity index (χ4v) is 3.62. The fourth-order valence-electron chi connectivity index (χ4n) is 3.62. The molecule has 0 aliphatic carbocycles. The molecule has 0 atom stereocenters. The molecule has 3 rings (SSSR count). The van der Waals surface area contributed by atoms with Gasteiger partial charge in [-0.3, -0.25) is 0 Å². The molecular formula is C24H32F2N4O2. The van der Waals surface area contributed by atoms with Crippen molar-refractivity contribution in [1.29, 1.82) is 0 Å². The Morgan fingerprint density at radius 2 is 1.88 bits per heavy atom. The van der Waals surface area contributed by atoms with Gasteiger partial charge in [-0.05, 0) is 55.5 Å². The lowest BCUT2D eigenvalue weighted by Crippen LogP contribution is -2.39. The Bertz CT molecular complexity index is 869. The van der Waals surface area contributed by atoms with Crippen LogP contribution in [-0.2, 0) is 6.54 Å².